The highest BCUT2D eigenvalue weighted by molar-refractivity contribution is 5.85. The van der Waals surface area contributed by atoms with Crippen LogP contribution in [-0.2, 0) is 11.3 Å². The molecule has 0 spiro atoms. The molecule has 0 fully saturated rings. The molecular weight excluding hydrogens is 192 g/mol. The smallest absolute Gasteiger partial charge is 0.290 e. The van der Waals surface area contributed by atoms with Gasteiger partial charge >= 0.3 is 0 Å². The Morgan fingerprint density at radius 1 is 1.38 bits per heavy atom. The van der Waals surface area contributed by atoms with E-state index in [0.29, 0.717) is 0 Å². The summed E-state index contributed by atoms with van der Waals surface area (Å²) in [6.45, 7) is 0.487. The summed E-state index contributed by atoms with van der Waals surface area (Å²) in [7, 11) is 0. The van der Waals surface area contributed by atoms with Crippen molar-refractivity contribution in [3.63, 3.8) is 0 Å². The van der Waals surface area contributed by atoms with Crippen molar-refractivity contribution >= 4 is 18.9 Å². The Balaban J connectivity index is 0. The second kappa shape index (κ2) is 10.9. The van der Waals surface area contributed by atoms with Crippen LogP contribution in [0.3, 0.4) is 0 Å². The lowest BCUT2D eigenvalue weighted by Gasteiger charge is -1.95. The lowest BCUT2D eigenvalue weighted by atomic mass is 10.2. The number of hydrogen-bond donors (Lipinski definition) is 3. The van der Waals surface area contributed by atoms with Crippen molar-refractivity contribution in [3.8, 4) is 0 Å². The number of nitrogens with two attached hydrogens (primary N) is 1. The Hall–Kier alpha value is -1.10. The molecule has 0 saturated carbocycles. The van der Waals surface area contributed by atoms with Crippen LogP contribution in [0.5, 0.6) is 0 Å². The fourth-order valence-electron chi connectivity index (χ4n) is 0.714. The number of benzene rings is 1. The topological polar surface area (TPSA) is 75.3 Å². The summed E-state index contributed by atoms with van der Waals surface area (Å²) in [4.78, 5) is 8.36. The van der Waals surface area contributed by atoms with E-state index in [9.17, 15) is 0 Å². The molecule has 1 aromatic rings. The van der Waals surface area contributed by atoms with E-state index in [1.54, 1.807) is 0 Å². The molecule has 0 heterocycles. The highest BCUT2D eigenvalue weighted by Gasteiger charge is 1.83. The summed E-state index contributed by atoms with van der Waals surface area (Å²) in [6, 6.07) is 10.0. The third-order valence-corrected chi connectivity index (χ3v) is 1.15. The Morgan fingerprint density at radius 2 is 1.85 bits per heavy atom. The van der Waals surface area contributed by atoms with Gasteiger partial charge in [-0.3, -0.25) is 16.1 Å². The van der Waals surface area contributed by atoms with Crippen molar-refractivity contribution in [2.45, 2.75) is 6.54 Å². The van der Waals surface area contributed by atoms with Crippen LogP contribution in [0.15, 0.2) is 30.3 Å². The average molecular weight is 205 g/mol. The second-order valence-corrected chi connectivity index (χ2v) is 1.97. The molecule has 74 valence electrons. The quantitative estimate of drug-likeness (QED) is 0.378. The third-order valence-electron chi connectivity index (χ3n) is 1.15. The fraction of sp³-hybridized carbons (Fsp3) is 0.125. The van der Waals surface area contributed by atoms with E-state index >= 15 is 0 Å². The number of nitrogens with one attached hydrogen (secondary N) is 1. The van der Waals surface area contributed by atoms with Gasteiger partial charge in [0, 0.05) is 6.54 Å². The molecule has 0 unspecified atom stereocenters. The van der Waals surface area contributed by atoms with Gasteiger partial charge in [-0.2, -0.15) is 0 Å². The van der Waals surface area contributed by atoms with Gasteiger partial charge in [-0.25, -0.2) is 0 Å². The Labute approximate surface area is 83.1 Å². The van der Waals surface area contributed by atoms with Crippen LogP contribution in [0.2, 0.25) is 0 Å². The van der Waals surface area contributed by atoms with Crippen molar-refractivity contribution in [3.05, 3.63) is 35.9 Å². The van der Waals surface area contributed by atoms with E-state index in [1.807, 2.05) is 30.3 Å². The zero-order valence-corrected chi connectivity index (χ0v) is 7.83. The highest BCUT2D eigenvalue weighted by atomic mass is 35.5. The molecule has 4 N–H and O–H groups in total. The first-order valence-corrected chi connectivity index (χ1v) is 3.40. The summed E-state index contributed by atoms with van der Waals surface area (Å²) < 4.78 is 0. The number of carbonyl (C=O) groups is 1. The Bertz CT molecular complexity index is 207. The second-order valence-electron chi connectivity index (χ2n) is 1.97. The number of carboxylic acid groups (broad SMARTS) is 1. The zero-order chi connectivity index (χ0) is 9.23. The van der Waals surface area contributed by atoms with E-state index in [-0.39, 0.29) is 18.9 Å². The molecule has 0 aliphatic carbocycles. The van der Waals surface area contributed by atoms with Gasteiger partial charge in [0.15, 0.2) is 0 Å². The molecule has 4 nitrogen and oxygen atoms in total. The van der Waals surface area contributed by atoms with Gasteiger partial charge < -0.3 is 5.11 Å². The summed E-state index contributed by atoms with van der Waals surface area (Å²) in [6.07, 6.45) is 0. The SMILES string of the molecule is Cl.NNCc1ccccc1.O=CO. The molecule has 0 atom stereocenters. The molecule has 0 aliphatic heterocycles. The van der Waals surface area contributed by atoms with Crippen molar-refractivity contribution in [1.29, 1.82) is 0 Å². The molecule has 1 rings (SSSR count). The van der Waals surface area contributed by atoms with E-state index in [1.165, 1.54) is 5.56 Å². The predicted octanol–water partition coefficient (Wildman–Crippen LogP) is 0.772. The minimum absolute atomic E-state index is 0. The summed E-state index contributed by atoms with van der Waals surface area (Å²) >= 11 is 0. The number of hydrazine groups is 1. The average Bonchev–Trinajstić information content (AvgIpc) is 2.08. The molecule has 5 heteroatoms. The maximum absolute atomic E-state index is 8.36. The van der Waals surface area contributed by atoms with Gasteiger partial charge in [-0.05, 0) is 5.56 Å². The molecule has 0 saturated heterocycles. The van der Waals surface area contributed by atoms with E-state index in [0.717, 1.165) is 6.54 Å². The van der Waals surface area contributed by atoms with Crippen LogP contribution in [-0.4, -0.2) is 11.6 Å². The van der Waals surface area contributed by atoms with Crippen LogP contribution < -0.4 is 11.3 Å². The number of halogens is 1. The van der Waals surface area contributed by atoms with Crippen molar-refractivity contribution < 1.29 is 9.90 Å². The first-order valence-electron chi connectivity index (χ1n) is 3.40. The van der Waals surface area contributed by atoms with Gasteiger partial charge in [-0.15, -0.1) is 12.4 Å². The minimum Gasteiger partial charge on any atom is -0.483 e. The fourth-order valence-corrected chi connectivity index (χ4v) is 0.714. The molecule has 0 bridgehead atoms. The van der Waals surface area contributed by atoms with Crippen LogP contribution in [0, 0.1) is 0 Å². The third kappa shape index (κ3) is 8.81. The lowest BCUT2D eigenvalue weighted by Crippen LogP contribution is -2.20. The van der Waals surface area contributed by atoms with Crippen LogP contribution in [0.25, 0.3) is 0 Å². The van der Waals surface area contributed by atoms with Crippen molar-refractivity contribution in [2.75, 3.05) is 0 Å². The predicted molar refractivity (Wildman–Crippen MR) is 53.4 cm³/mol. The monoisotopic (exact) mass is 204 g/mol. The number of rotatable bonds is 2. The van der Waals surface area contributed by atoms with Gasteiger partial charge in [-0.1, -0.05) is 30.3 Å². The Kier molecular flexibility index (Phi) is 12.1. The lowest BCUT2D eigenvalue weighted by molar-refractivity contribution is -0.122. The van der Waals surface area contributed by atoms with Gasteiger partial charge in [0.1, 0.15) is 0 Å². The molecule has 0 radical (unpaired) electrons. The molecule has 1 aromatic carbocycles. The first kappa shape index (κ1) is 14.4. The van der Waals surface area contributed by atoms with Crippen LogP contribution in [0.1, 0.15) is 5.56 Å². The Morgan fingerprint density at radius 3 is 2.23 bits per heavy atom. The summed E-state index contributed by atoms with van der Waals surface area (Å²) in [5, 5.41) is 6.89. The normalized spacial score (nSPS) is 7.46. The maximum Gasteiger partial charge on any atom is 0.290 e. The van der Waals surface area contributed by atoms with E-state index in [4.69, 9.17) is 15.7 Å². The molecular formula is C8H13ClN2O2. The van der Waals surface area contributed by atoms with Crippen LogP contribution in [0.4, 0.5) is 0 Å². The largest absolute Gasteiger partial charge is 0.483 e. The van der Waals surface area contributed by atoms with Gasteiger partial charge in [0.25, 0.3) is 6.47 Å². The summed E-state index contributed by atoms with van der Waals surface area (Å²) in [5.41, 5.74) is 3.79. The molecule has 13 heavy (non-hydrogen) atoms. The molecule has 0 aromatic heterocycles. The van der Waals surface area contributed by atoms with Gasteiger partial charge in [0.2, 0.25) is 0 Å². The van der Waals surface area contributed by atoms with E-state index in [2.05, 4.69) is 5.43 Å². The minimum atomic E-state index is -0.250. The van der Waals surface area contributed by atoms with Crippen molar-refractivity contribution in [2.24, 2.45) is 5.84 Å². The summed E-state index contributed by atoms with van der Waals surface area (Å²) in [5.74, 6) is 5.11. The van der Waals surface area contributed by atoms with Gasteiger partial charge in [0.05, 0.1) is 0 Å². The number of hydrogen-bond acceptors (Lipinski definition) is 3. The maximum atomic E-state index is 8.36. The first-order chi connectivity index (χ1) is 5.85. The molecule has 0 amide bonds. The zero-order valence-electron chi connectivity index (χ0n) is 7.01. The van der Waals surface area contributed by atoms with Crippen LogP contribution >= 0.6 is 12.4 Å². The highest BCUT2D eigenvalue weighted by Crippen LogP contribution is 1.95. The van der Waals surface area contributed by atoms with E-state index < -0.39 is 0 Å². The molecule has 0 aliphatic rings. The van der Waals surface area contributed by atoms with Crippen molar-refractivity contribution in [1.82, 2.24) is 5.43 Å². The standard InChI is InChI=1S/C7H10N2.CH2O2.ClH/c8-9-6-7-4-2-1-3-5-7;2-1-3;/h1-5,9H,6,8H2;1H,(H,2,3);1H.